The number of phenols is 1. The van der Waals surface area contributed by atoms with Crippen molar-refractivity contribution in [2.45, 2.75) is 62.2 Å². The highest BCUT2D eigenvalue weighted by Gasteiger charge is 2.31. The largest absolute Gasteiger partial charge is 0.505 e. The first kappa shape index (κ1) is 16.3. The van der Waals surface area contributed by atoms with E-state index < -0.39 is 0 Å². The lowest BCUT2D eigenvalue weighted by Gasteiger charge is -2.33. The van der Waals surface area contributed by atoms with Gasteiger partial charge in [-0.3, -0.25) is 0 Å². The number of hydrogen-bond donors (Lipinski definition) is 2. The van der Waals surface area contributed by atoms with E-state index >= 15 is 0 Å². The van der Waals surface area contributed by atoms with E-state index in [4.69, 9.17) is 0 Å². The second-order valence-electron chi connectivity index (χ2n) is 8.25. The van der Waals surface area contributed by atoms with E-state index in [9.17, 15) is 5.11 Å². The fraction of sp³-hybridized carbons (Fsp3) is 0.400. The van der Waals surface area contributed by atoms with Gasteiger partial charge in [-0.05, 0) is 34.6 Å². The highest BCUT2D eigenvalue weighted by atomic mass is 32.2. The Morgan fingerprint density at radius 2 is 1.52 bits per heavy atom. The van der Waals surface area contributed by atoms with Crippen LogP contribution in [0.5, 0.6) is 5.75 Å². The number of benzene rings is 2. The molecule has 0 atom stereocenters. The minimum atomic E-state index is -0.109. The standard InChI is InChI=1S/C20H25NOS/c1-19(2,3)12-11-13(20(4,5)6)18-16(17(12)22)21-14-9-7-8-10-15(14)23-18/h7-11,21-22H,1-6H3. The summed E-state index contributed by atoms with van der Waals surface area (Å²) in [5, 5.41) is 14.4. The summed E-state index contributed by atoms with van der Waals surface area (Å²) in [7, 11) is 0. The van der Waals surface area contributed by atoms with Crippen molar-refractivity contribution in [3.8, 4) is 5.75 Å². The van der Waals surface area contributed by atoms with E-state index in [1.807, 2.05) is 6.07 Å². The van der Waals surface area contributed by atoms with E-state index in [0.29, 0.717) is 5.75 Å². The smallest absolute Gasteiger partial charge is 0.143 e. The quantitative estimate of drug-likeness (QED) is 0.482. The van der Waals surface area contributed by atoms with Crippen molar-refractivity contribution in [3.63, 3.8) is 0 Å². The Bertz CT molecular complexity index is 766. The Balaban J connectivity index is 2.29. The molecule has 0 fully saturated rings. The molecule has 2 aromatic rings. The molecule has 2 nitrogen and oxygen atoms in total. The molecule has 0 aromatic heterocycles. The van der Waals surface area contributed by atoms with Gasteiger partial charge in [0.2, 0.25) is 0 Å². The van der Waals surface area contributed by atoms with Crippen molar-refractivity contribution in [1.82, 2.24) is 0 Å². The van der Waals surface area contributed by atoms with Gasteiger partial charge in [-0.2, -0.15) is 0 Å². The normalized spacial score (nSPS) is 14.0. The van der Waals surface area contributed by atoms with Gasteiger partial charge in [0.05, 0.1) is 11.4 Å². The minimum absolute atomic E-state index is 0.0126. The molecular formula is C20H25NOS. The molecule has 1 aliphatic rings. The van der Waals surface area contributed by atoms with Crippen molar-refractivity contribution in [2.75, 3.05) is 5.32 Å². The summed E-state index contributed by atoms with van der Waals surface area (Å²) in [5.41, 5.74) is 4.09. The third-order valence-electron chi connectivity index (χ3n) is 4.23. The van der Waals surface area contributed by atoms with Gasteiger partial charge in [0.15, 0.2) is 0 Å². The topological polar surface area (TPSA) is 32.3 Å². The summed E-state index contributed by atoms with van der Waals surface area (Å²) in [5.74, 6) is 0.377. The van der Waals surface area contributed by atoms with Crippen molar-refractivity contribution in [2.24, 2.45) is 0 Å². The molecule has 0 radical (unpaired) electrons. The monoisotopic (exact) mass is 327 g/mol. The summed E-state index contributed by atoms with van der Waals surface area (Å²) in [6.45, 7) is 13.1. The van der Waals surface area contributed by atoms with Gasteiger partial charge in [-0.25, -0.2) is 0 Å². The molecule has 2 aromatic carbocycles. The number of anilines is 2. The molecule has 0 unspecified atom stereocenters. The van der Waals surface area contributed by atoms with E-state index in [2.05, 4.69) is 71.1 Å². The summed E-state index contributed by atoms with van der Waals surface area (Å²) >= 11 is 1.75. The zero-order valence-corrected chi connectivity index (χ0v) is 15.6. The van der Waals surface area contributed by atoms with Crippen molar-refractivity contribution in [1.29, 1.82) is 0 Å². The van der Waals surface area contributed by atoms with Crippen molar-refractivity contribution >= 4 is 23.1 Å². The van der Waals surface area contributed by atoms with E-state index in [-0.39, 0.29) is 10.8 Å². The average molecular weight is 327 g/mol. The number of nitrogens with one attached hydrogen (secondary N) is 1. The predicted octanol–water partition coefficient (Wildman–Crippen LogP) is 6.20. The second-order valence-corrected chi connectivity index (χ2v) is 9.30. The maximum absolute atomic E-state index is 10.9. The predicted molar refractivity (Wildman–Crippen MR) is 99.4 cm³/mol. The van der Waals surface area contributed by atoms with Crippen LogP contribution in [0, 0.1) is 0 Å². The molecular weight excluding hydrogens is 302 g/mol. The van der Waals surface area contributed by atoms with Crippen LogP contribution in [-0.4, -0.2) is 5.11 Å². The molecule has 1 heterocycles. The second kappa shape index (κ2) is 5.20. The van der Waals surface area contributed by atoms with Gasteiger partial charge in [0.25, 0.3) is 0 Å². The lowest BCUT2D eigenvalue weighted by molar-refractivity contribution is 0.444. The first-order valence-corrected chi connectivity index (χ1v) is 8.85. The van der Waals surface area contributed by atoms with Gasteiger partial charge >= 0.3 is 0 Å². The number of fused-ring (bicyclic) bond motifs is 2. The molecule has 0 amide bonds. The van der Waals surface area contributed by atoms with Crippen LogP contribution in [0.25, 0.3) is 0 Å². The summed E-state index contributed by atoms with van der Waals surface area (Å²) in [6, 6.07) is 10.4. The number of hydrogen-bond acceptors (Lipinski definition) is 3. The van der Waals surface area contributed by atoms with Crippen LogP contribution in [0.2, 0.25) is 0 Å². The Morgan fingerprint density at radius 1 is 0.913 bits per heavy atom. The highest BCUT2D eigenvalue weighted by molar-refractivity contribution is 7.99. The lowest BCUT2D eigenvalue weighted by Crippen LogP contribution is -2.19. The van der Waals surface area contributed by atoms with Crippen LogP contribution in [0.1, 0.15) is 52.7 Å². The van der Waals surface area contributed by atoms with Crippen molar-refractivity contribution in [3.05, 3.63) is 41.5 Å². The fourth-order valence-electron chi connectivity index (χ4n) is 2.91. The Kier molecular flexibility index (Phi) is 3.68. The SMILES string of the molecule is CC(C)(C)c1cc(C(C)(C)C)c2c(c1O)Nc1ccccc1S2. The average Bonchev–Trinajstić information content (AvgIpc) is 2.43. The van der Waals surface area contributed by atoms with Gasteiger partial charge in [0, 0.05) is 15.4 Å². The molecule has 0 aliphatic carbocycles. The molecule has 3 heteroatoms. The molecule has 0 saturated heterocycles. The summed E-state index contributed by atoms with van der Waals surface area (Å²) in [6.07, 6.45) is 0. The van der Waals surface area contributed by atoms with Gasteiger partial charge < -0.3 is 10.4 Å². The van der Waals surface area contributed by atoms with E-state index in [1.54, 1.807) is 11.8 Å². The third-order valence-corrected chi connectivity index (χ3v) is 5.43. The van der Waals surface area contributed by atoms with E-state index in [0.717, 1.165) is 21.8 Å². The summed E-state index contributed by atoms with van der Waals surface area (Å²) in [4.78, 5) is 2.34. The zero-order chi connectivity index (χ0) is 17.0. The highest BCUT2D eigenvalue weighted by Crippen LogP contribution is 2.54. The Hall–Kier alpha value is -1.61. The van der Waals surface area contributed by atoms with Crippen molar-refractivity contribution < 1.29 is 5.11 Å². The maximum Gasteiger partial charge on any atom is 0.143 e. The molecule has 1 aliphatic heterocycles. The van der Waals surface area contributed by atoms with Crippen LogP contribution < -0.4 is 5.32 Å². The number of phenolic OH excluding ortho intramolecular Hbond substituents is 1. The van der Waals surface area contributed by atoms with Gasteiger partial charge in [-0.15, -0.1) is 0 Å². The van der Waals surface area contributed by atoms with Gasteiger partial charge in [0.1, 0.15) is 5.75 Å². The van der Waals surface area contributed by atoms with Crippen LogP contribution in [0.15, 0.2) is 40.1 Å². The fourth-order valence-corrected chi connectivity index (χ4v) is 4.23. The molecule has 0 saturated carbocycles. The molecule has 0 bridgehead atoms. The first-order chi connectivity index (χ1) is 10.6. The van der Waals surface area contributed by atoms with Crippen LogP contribution in [0.3, 0.4) is 0 Å². The van der Waals surface area contributed by atoms with Crippen LogP contribution in [0.4, 0.5) is 11.4 Å². The maximum atomic E-state index is 10.9. The molecule has 122 valence electrons. The first-order valence-electron chi connectivity index (χ1n) is 8.04. The minimum Gasteiger partial charge on any atom is -0.505 e. The van der Waals surface area contributed by atoms with Crippen LogP contribution in [-0.2, 0) is 10.8 Å². The Labute approximate surface area is 143 Å². The number of aromatic hydroxyl groups is 1. The van der Waals surface area contributed by atoms with Crippen LogP contribution >= 0.6 is 11.8 Å². The zero-order valence-electron chi connectivity index (χ0n) is 14.7. The molecule has 23 heavy (non-hydrogen) atoms. The number of rotatable bonds is 0. The van der Waals surface area contributed by atoms with E-state index in [1.165, 1.54) is 10.5 Å². The molecule has 3 rings (SSSR count). The third kappa shape index (κ3) is 2.83. The lowest BCUT2D eigenvalue weighted by atomic mass is 9.79. The molecule has 0 spiro atoms. The Morgan fingerprint density at radius 3 is 2.13 bits per heavy atom. The number of para-hydroxylation sites is 1. The molecule has 2 N–H and O–H groups in total. The summed E-state index contributed by atoms with van der Waals surface area (Å²) < 4.78 is 0. The van der Waals surface area contributed by atoms with Gasteiger partial charge in [-0.1, -0.05) is 65.4 Å².